The number of aryl methyl sites for hydroxylation is 1. The second kappa shape index (κ2) is 8.05. The molecule has 1 atom stereocenters. The summed E-state index contributed by atoms with van der Waals surface area (Å²) < 4.78 is 6.00. The van der Waals surface area contributed by atoms with E-state index in [-0.39, 0.29) is 23.9 Å². The topological polar surface area (TPSA) is 103 Å². The van der Waals surface area contributed by atoms with Gasteiger partial charge in [0.2, 0.25) is 5.91 Å². The smallest absolute Gasteiger partial charge is 0.266 e. The Morgan fingerprint density at radius 1 is 1.35 bits per heavy atom. The molecular formula is C17H19N5O3S. The summed E-state index contributed by atoms with van der Waals surface area (Å²) in [6.07, 6.45) is 0.753. The summed E-state index contributed by atoms with van der Waals surface area (Å²) in [5.41, 5.74) is 1.64. The summed E-state index contributed by atoms with van der Waals surface area (Å²) in [5, 5.41) is 16.7. The first kappa shape index (κ1) is 18.0. The Morgan fingerprint density at radius 3 is 2.85 bits per heavy atom. The molecule has 26 heavy (non-hydrogen) atoms. The predicted molar refractivity (Wildman–Crippen MR) is 96.8 cm³/mol. The van der Waals surface area contributed by atoms with Crippen LogP contribution in [0.4, 0.5) is 0 Å². The number of nitrogens with zero attached hydrogens (tertiary/aromatic N) is 4. The Morgan fingerprint density at radius 2 is 2.19 bits per heavy atom. The van der Waals surface area contributed by atoms with Gasteiger partial charge >= 0.3 is 0 Å². The third-order valence-corrected chi connectivity index (χ3v) is 4.86. The Balaban J connectivity index is 1.70. The van der Waals surface area contributed by atoms with Gasteiger partial charge in [0.1, 0.15) is 17.1 Å². The normalized spacial score (nSPS) is 12.1. The number of carbonyl (C=O) groups excluding carboxylic acids is 1. The van der Waals surface area contributed by atoms with Crippen LogP contribution >= 0.6 is 11.3 Å². The number of hydrogen-bond donors (Lipinski definition) is 1. The highest BCUT2D eigenvalue weighted by molar-refractivity contribution is 7.13. The molecule has 0 bridgehead atoms. The predicted octanol–water partition coefficient (Wildman–Crippen LogP) is 1.80. The van der Waals surface area contributed by atoms with Crippen LogP contribution in [0.2, 0.25) is 0 Å². The van der Waals surface area contributed by atoms with Crippen LogP contribution in [0.3, 0.4) is 0 Å². The lowest BCUT2D eigenvalue weighted by Gasteiger charge is -2.17. The molecule has 0 aliphatic heterocycles. The van der Waals surface area contributed by atoms with Crippen molar-refractivity contribution in [2.24, 2.45) is 0 Å². The molecule has 3 aromatic rings. The average molecular weight is 373 g/mol. The highest BCUT2D eigenvalue weighted by atomic mass is 32.1. The largest absolute Gasteiger partial charge is 0.351 e. The number of thiophene rings is 1. The second-order valence-electron chi connectivity index (χ2n) is 5.86. The highest BCUT2D eigenvalue weighted by Crippen LogP contribution is 2.21. The minimum atomic E-state index is -0.216. The molecule has 0 unspecified atom stereocenters. The van der Waals surface area contributed by atoms with Crippen LogP contribution in [-0.4, -0.2) is 32.0 Å². The molecule has 1 N–H and O–H groups in total. The van der Waals surface area contributed by atoms with Gasteiger partial charge in [-0.2, -0.15) is 5.10 Å². The number of carbonyl (C=O) groups is 1. The van der Waals surface area contributed by atoms with E-state index in [0.29, 0.717) is 24.4 Å². The first-order valence-corrected chi connectivity index (χ1v) is 9.14. The van der Waals surface area contributed by atoms with Gasteiger partial charge in [0.05, 0.1) is 17.8 Å². The summed E-state index contributed by atoms with van der Waals surface area (Å²) in [6, 6.07) is 6.89. The van der Waals surface area contributed by atoms with E-state index in [4.69, 9.17) is 0 Å². The molecule has 8 nitrogen and oxygen atoms in total. The van der Waals surface area contributed by atoms with Crippen LogP contribution in [0, 0.1) is 6.92 Å². The lowest BCUT2D eigenvalue weighted by atomic mass is 10.2. The summed E-state index contributed by atoms with van der Waals surface area (Å²) >= 11 is 1.56. The van der Waals surface area contributed by atoms with Crippen LogP contribution < -0.4 is 10.9 Å². The molecular weight excluding hydrogens is 354 g/mol. The van der Waals surface area contributed by atoms with Crippen molar-refractivity contribution in [3.63, 3.8) is 0 Å². The van der Waals surface area contributed by atoms with Crippen molar-refractivity contribution in [2.45, 2.75) is 39.3 Å². The van der Waals surface area contributed by atoms with Gasteiger partial charge in [0, 0.05) is 12.1 Å². The van der Waals surface area contributed by atoms with Crippen molar-refractivity contribution in [1.82, 2.24) is 25.4 Å². The van der Waals surface area contributed by atoms with E-state index >= 15 is 0 Å². The zero-order valence-corrected chi connectivity index (χ0v) is 15.3. The summed E-state index contributed by atoms with van der Waals surface area (Å²) in [6.45, 7) is 3.98. The minimum Gasteiger partial charge on any atom is -0.351 e. The van der Waals surface area contributed by atoms with Gasteiger partial charge < -0.3 is 5.32 Å². The molecule has 0 fully saturated rings. The van der Waals surface area contributed by atoms with Crippen LogP contribution in [0.1, 0.15) is 24.7 Å². The van der Waals surface area contributed by atoms with E-state index in [0.717, 1.165) is 10.6 Å². The van der Waals surface area contributed by atoms with Crippen LogP contribution in [0.5, 0.6) is 0 Å². The van der Waals surface area contributed by atoms with E-state index in [2.05, 4.69) is 25.4 Å². The molecule has 0 radical (unpaired) electrons. The number of aromatic nitrogens is 4. The number of rotatable bonds is 7. The van der Waals surface area contributed by atoms with Crippen molar-refractivity contribution < 1.29 is 9.42 Å². The quantitative estimate of drug-likeness (QED) is 0.677. The lowest BCUT2D eigenvalue weighted by Crippen LogP contribution is -2.41. The molecule has 0 saturated heterocycles. The Kier molecular flexibility index (Phi) is 5.57. The molecule has 3 heterocycles. The number of amides is 1. The van der Waals surface area contributed by atoms with Gasteiger partial charge in [0.15, 0.2) is 0 Å². The van der Waals surface area contributed by atoms with Crippen molar-refractivity contribution in [1.29, 1.82) is 0 Å². The molecule has 136 valence electrons. The molecule has 0 saturated carbocycles. The molecule has 0 aliphatic rings. The van der Waals surface area contributed by atoms with Gasteiger partial charge in [-0.05, 0) is 30.9 Å². The number of nitrogens with one attached hydrogen (secondary N) is 1. The van der Waals surface area contributed by atoms with E-state index in [1.165, 1.54) is 10.7 Å². The van der Waals surface area contributed by atoms with Gasteiger partial charge in [-0.3, -0.25) is 9.59 Å². The SMILES string of the molecule is CC[C@@H](Cn1nc(-c2cccs2)ccc1=O)NC(=O)Cc1nonc1C. The standard InChI is InChI=1S/C17H19N5O3S/c1-3-12(18-16(23)9-14-11(2)20-25-21-14)10-22-17(24)7-6-13(19-22)15-5-4-8-26-15/h4-8,12H,3,9-10H2,1-2H3,(H,18,23)/t12-/m0/s1. The fraction of sp³-hybridized carbons (Fsp3) is 0.353. The van der Waals surface area contributed by atoms with Gasteiger partial charge in [-0.25, -0.2) is 9.31 Å². The monoisotopic (exact) mass is 373 g/mol. The van der Waals surface area contributed by atoms with Crippen LogP contribution in [0.25, 0.3) is 10.6 Å². The lowest BCUT2D eigenvalue weighted by molar-refractivity contribution is -0.121. The molecule has 1 amide bonds. The van der Waals surface area contributed by atoms with Gasteiger partial charge in [-0.1, -0.05) is 23.3 Å². The maximum atomic E-state index is 12.2. The number of hydrogen-bond acceptors (Lipinski definition) is 7. The zero-order valence-electron chi connectivity index (χ0n) is 14.5. The molecule has 9 heteroatoms. The Hall–Kier alpha value is -2.81. The fourth-order valence-electron chi connectivity index (χ4n) is 2.46. The van der Waals surface area contributed by atoms with E-state index < -0.39 is 0 Å². The van der Waals surface area contributed by atoms with Gasteiger partial charge in [-0.15, -0.1) is 11.3 Å². The minimum absolute atomic E-state index is 0.0867. The maximum absolute atomic E-state index is 12.2. The Bertz CT molecular complexity index is 932. The third-order valence-electron chi connectivity index (χ3n) is 3.97. The fourth-order valence-corrected chi connectivity index (χ4v) is 3.15. The first-order valence-electron chi connectivity index (χ1n) is 8.26. The molecule has 0 spiro atoms. The summed E-state index contributed by atoms with van der Waals surface area (Å²) in [4.78, 5) is 25.4. The third kappa shape index (κ3) is 4.23. The molecule has 0 aliphatic carbocycles. The summed E-state index contributed by atoms with van der Waals surface area (Å²) in [5.74, 6) is -0.196. The Labute approximate surface area is 153 Å². The highest BCUT2D eigenvalue weighted by Gasteiger charge is 2.16. The summed E-state index contributed by atoms with van der Waals surface area (Å²) in [7, 11) is 0. The maximum Gasteiger partial charge on any atom is 0.266 e. The van der Waals surface area contributed by atoms with E-state index in [1.54, 1.807) is 24.3 Å². The van der Waals surface area contributed by atoms with Crippen molar-refractivity contribution in [3.8, 4) is 10.6 Å². The molecule has 3 rings (SSSR count). The van der Waals surface area contributed by atoms with E-state index in [9.17, 15) is 9.59 Å². The van der Waals surface area contributed by atoms with Crippen molar-refractivity contribution in [2.75, 3.05) is 0 Å². The molecule has 0 aromatic carbocycles. The second-order valence-corrected chi connectivity index (χ2v) is 6.81. The van der Waals surface area contributed by atoms with E-state index in [1.807, 2.05) is 24.4 Å². The van der Waals surface area contributed by atoms with Crippen molar-refractivity contribution in [3.05, 3.63) is 51.4 Å². The van der Waals surface area contributed by atoms with Crippen LogP contribution in [0.15, 0.2) is 39.1 Å². The first-order chi connectivity index (χ1) is 12.6. The van der Waals surface area contributed by atoms with Crippen molar-refractivity contribution >= 4 is 17.2 Å². The molecule has 3 aromatic heterocycles. The zero-order chi connectivity index (χ0) is 18.5. The average Bonchev–Trinajstić information content (AvgIpc) is 3.29. The van der Waals surface area contributed by atoms with Crippen LogP contribution in [-0.2, 0) is 17.8 Å². The van der Waals surface area contributed by atoms with Gasteiger partial charge in [0.25, 0.3) is 5.56 Å².